The Balaban J connectivity index is 2.54. The van der Waals surface area contributed by atoms with Crippen LogP contribution in [0.1, 0.15) is 33.6 Å². The van der Waals surface area contributed by atoms with Crippen LogP contribution in [0.4, 0.5) is 0 Å². The topological polar surface area (TPSA) is 26.3 Å². The van der Waals surface area contributed by atoms with Crippen molar-refractivity contribution >= 4 is 6.29 Å². The van der Waals surface area contributed by atoms with Crippen LogP contribution >= 0.6 is 0 Å². The van der Waals surface area contributed by atoms with Crippen LogP contribution in [-0.2, 0) is 9.53 Å². The Bertz CT molecular complexity index is 154. The minimum Gasteiger partial charge on any atom is -0.365 e. The quantitative estimate of drug-likeness (QED) is 0.582. The van der Waals surface area contributed by atoms with Crippen molar-refractivity contribution in [3.05, 3.63) is 0 Å². The summed E-state index contributed by atoms with van der Waals surface area (Å²) in [4.78, 5) is 10.7. The highest BCUT2D eigenvalue weighted by molar-refractivity contribution is 5.65. The molecule has 0 amide bonds. The van der Waals surface area contributed by atoms with Gasteiger partial charge in [0.1, 0.15) is 5.60 Å². The summed E-state index contributed by atoms with van der Waals surface area (Å²) >= 11 is 0. The van der Waals surface area contributed by atoms with Crippen molar-refractivity contribution in [2.24, 2.45) is 5.92 Å². The van der Waals surface area contributed by atoms with Gasteiger partial charge in [-0.15, -0.1) is 0 Å². The van der Waals surface area contributed by atoms with Crippen molar-refractivity contribution in [2.45, 2.75) is 45.3 Å². The van der Waals surface area contributed by atoms with Gasteiger partial charge in [0.15, 0.2) is 6.29 Å². The number of ether oxygens (including phenoxy) is 1. The maximum absolute atomic E-state index is 10.7. The van der Waals surface area contributed by atoms with Gasteiger partial charge >= 0.3 is 0 Å². The van der Waals surface area contributed by atoms with Crippen LogP contribution in [0.15, 0.2) is 0 Å². The van der Waals surface area contributed by atoms with Crippen molar-refractivity contribution in [1.82, 2.24) is 0 Å². The molecule has 1 fully saturated rings. The molecule has 0 radical (unpaired) electrons. The van der Waals surface area contributed by atoms with Crippen molar-refractivity contribution in [3.63, 3.8) is 0 Å². The van der Waals surface area contributed by atoms with E-state index in [1.165, 1.54) is 0 Å². The minimum absolute atomic E-state index is 0.156. The number of hydrogen-bond donors (Lipinski definition) is 0. The third-order valence-corrected chi connectivity index (χ3v) is 2.46. The van der Waals surface area contributed by atoms with Gasteiger partial charge in [-0.2, -0.15) is 0 Å². The second-order valence-corrected chi connectivity index (χ2v) is 3.68. The molecule has 0 aromatic carbocycles. The van der Waals surface area contributed by atoms with Crippen molar-refractivity contribution in [1.29, 1.82) is 0 Å². The van der Waals surface area contributed by atoms with Gasteiger partial charge in [-0.25, -0.2) is 0 Å². The second kappa shape index (κ2) is 2.94. The van der Waals surface area contributed by atoms with Crippen LogP contribution in [0, 0.1) is 5.92 Å². The summed E-state index contributed by atoms with van der Waals surface area (Å²) < 4.78 is 5.57. The molecule has 1 rings (SSSR count). The lowest BCUT2D eigenvalue weighted by Gasteiger charge is -2.44. The van der Waals surface area contributed by atoms with Crippen LogP contribution in [0.2, 0.25) is 0 Å². The number of rotatable bonds is 3. The zero-order valence-corrected chi connectivity index (χ0v) is 7.46. The van der Waals surface area contributed by atoms with Gasteiger partial charge in [0, 0.05) is 0 Å². The van der Waals surface area contributed by atoms with E-state index in [2.05, 4.69) is 6.92 Å². The molecule has 1 saturated carbocycles. The summed E-state index contributed by atoms with van der Waals surface area (Å²) in [6.07, 6.45) is 3.14. The van der Waals surface area contributed by atoms with E-state index in [0.29, 0.717) is 5.92 Å². The number of carbonyl (C=O) groups excluding carboxylic acids is 1. The fourth-order valence-corrected chi connectivity index (χ4v) is 1.53. The van der Waals surface area contributed by atoms with Gasteiger partial charge in [-0.3, -0.25) is 0 Å². The fraction of sp³-hybridized carbons (Fsp3) is 0.889. The molecule has 2 heteroatoms. The van der Waals surface area contributed by atoms with Gasteiger partial charge in [-0.1, -0.05) is 6.92 Å². The molecule has 1 aliphatic carbocycles. The first kappa shape index (κ1) is 8.72. The lowest BCUT2D eigenvalue weighted by Crippen LogP contribution is -2.50. The molecule has 0 N–H and O–H groups in total. The van der Waals surface area contributed by atoms with Gasteiger partial charge < -0.3 is 9.53 Å². The van der Waals surface area contributed by atoms with E-state index in [-0.39, 0.29) is 6.10 Å². The van der Waals surface area contributed by atoms with E-state index >= 15 is 0 Å². The maximum Gasteiger partial charge on any atom is 0.152 e. The van der Waals surface area contributed by atoms with Gasteiger partial charge in [0.25, 0.3) is 0 Å². The van der Waals surface area contributed by atoms with E-state index in [9.17, 15) is 4.79 Å². The summed E-state index contributed by atoms with van der Waals surface area (Å²) in [5, 5.41) is 0. The molecule has 2 nitrogen and oxygen atoms in total. The van der Waals surface area contributed by atoms with Crippen molar-refractivity contribution in [2.75, 3.05) is 0 Å². The van der Waals surface area contributed by atoms with Crippen LogP contribution in [0.5, 0.6) is 0 Å². The molecule has 2 unspecified atom stereocenters. The predicted molar refractivity (Wildman–Crippen MR) is 43.4 cm³/mol. The summed E-state index contributed by atoms with van der Waals surface area (Å²) in [7, 11) is 0. The number of hydrogen-bond acceptors (Lipinski definition) is 2. The van der Waals surface area contributed by atoms with Gasteiger partial charge in [0.05, 0.1) is 6.10 Å². The standard InChI is InChI=1S/C9H16O2/c1-7(2)11-9(6-10)5-4-8(9)3/h6-8H,4-5H2,1-3H3. The maximum atomic E-state index is 10.7. The van der Waals surface area contributed by atoms with E-state index < -0.39 is 5.60 Å². The Morgan fingerprint density at radius 1 is 1.64 bits per heavy atom. The lowest BCUT2D eigenvalue weighted by atomic mass is 9.71. The third kappa shape index (κ3) is 1.45. The Labute approximate surface area is 67.9 Å². The zero-order valence-electron chi connectivity index (χ0n) is 7.46. The van der Waals surface area contributed by atoms with E-state index in [1.54, 1.807) is 0 Å². The molecule has 0 heterocycles. The van der Waals surface area contributed by atoms with E-state index in [4.69, 9.17) is 4.74 Å². The SMILES string of the molecule is CC(C)OC1(C=O)CCC1C. The number of carbonyl (C=O) groups is 1. The zero-order chi connectivity index (χ0) is 8.48. The van der Waals surface area contributed by atoms with Crippen LogP contribution in [-0.4, -0.2) is 18.0 Å². The summed E-state index contributed by atoms with van der Waals surface area (Å²) in [5.41, 5.74) is -0.436. The molecule has 0 bridgehead atoms. The molecule has 0 spiro atoms. The van der Waals surface area contributed by atoms with Crippen molar-refractivity contribution in [3.8, 4) is 0 Å². The largest absolute Gasteiger partial charge is 0.365 e. The molecule has 0 aliphatic heterocycles. The molecule has 11 heavy (non-hydrogen) atoms. The highest BCUT2D eigenvalue weighted by atomic mass is 16.5. The average molecular weight is 156 g/mol. The third-order valence-electron chi connectivity index (χ3n) is 2.46. The van der Waals surface area contributed by atoms with E-state index in [1.807, 2.05) is 13.8 Å². The Hall–Kier alpha value is -0.370. The summed E-state index contributed by atoms with van der Waals surface area (Å²) in [6, 6.07) is 0. The highest BCUT2D eigenvalue weighted by Gasteiger charge is 2.45. The van der Waals surface area contributed by atoms with Gasteiger partial charge in [0.2, 0.25) is 0 Å². The Kier molecular flexibility index (Phi) is 2.33. The van der Waals surface area contributed by atoms with Crippen LogP contribution in [0.3, 0.4) is 0 Å². The normalized spacial score (nSPS) is 36.9. The highest BCUT2D eigenvalue weighted by Crippen LogP contribution is 2.40. The second-order valence-electron chi connectivity index (χ2n) is 3.68. The smallest absolute Gasteiger partial charge is 0.152 e. The summed E-state index contributed by atoms with van der Waals surface area (Å²) in [6.45, 7) is 6.01. The Morgan fingerprint density at radius 3 is 2.36 bits per heavy atom. The van der Waals surface area contributed by atoms with Crippen molar-refractivity contribution < 1.29 is 9.53 Å². The molecular formula is C9H16O2. The molecule has 0 aromatic heterocycles. The molecule has 0 saturated heterocycles. The molecule has 64 valence electrons. The number of aldehydes is 1. The monoisotopic (exact) mass is 156 g/mol. The minimum atomic E-state index is -0.436. The predicted octanol–water partition coefficient (Wildman–Crippen LogP) is 1.78. The molecule has 0 aromatic rings. The van der Waals surface area contributed by atoms with E-state index in [0.717, 1.165) is 19.1 Å². The first-order chi connectivity index (χ1) is 5.10. The molecule has 2 atom stereocenters. The molecular weight excluding hydrogens is 140 g/mol. The summed E-state index contributed by atoms with van der Waals surface area (Å²) in [5.74, 6) is 0.405. The fourth-order valence-electron chi connectivity index (χ4n) is 1.53. The molecule has 1 aliphatic rings. The Morgan fingerprint density at radius 2 is 2.27 bits per heavy atom. The van der Waals surface area contributed by atoms with Gasteiger partial charge in [-0.05, 0) is 32.6 Å². The first-order valence-electron chi connectivity index (χ1n) is 4.25. The first-order valence-corrected chi connectivity index (χ1v) is 4.25. The van der Waals surface area contributed by atoms with Crippen LogP contribution in [0.25, 0.3) is 0 Å². The lowest BCUT2D eigenvalue weighted by molar-refractivity contribution is -0.170. The van der Waals surface area contributed by atoms with Crippen LogP contribution < -0.4 is 0 Å². The average Bonchev–Trinajstić information content (AvgIpc) is 1.96.